The van der Waals surface area contributed by atoms with Crippen molar-refractivity contribution in [2.24, 2.45) is 0 Å². The number of benzene rings is 1. The summed E-state index contributed by atoms with van der Waals surface area (Å²) < 4.78 is 19.7. The first kappa shape index (κ1) is 23.1. The molecule has 1 aromatic carbocycles. The molecule has 1 unspecified atom stereocenters. The zero-order valence-electron chi connectivity index (χ0n) is 18.7. The number of ether oxygens (including phenoxy) is 1. The summed E-state index contributed by atoms with van der Waals surface area (Å²) in [5, 5.41) is 0.336. The summed E-state index contributed by atoms with van der Waals surface area (Å²) in [6.07, 6.45) is 8.87. The van der Waals surface area contributed by atoms with Crippen LogP contribution in [0.15, 0.2) is 36.9 Å². The Morgan fingerprint density at radius 1 is 0.970 bits per heavy atom. The minimum Gasteiger partial charge on any atom is -0.373 e. The highest BCUT2D eigenvalue weighted by molar-refractivity contribution is 6.30. The van der Waals surface area contributed by atoms with Gasteiger partial charge in [0.05, 0.1) is 17.5 Å². The van der Waals surface area contributed by atoms with Crippen molar-refractivity contribution in [2.45, 2.75) is 46.1 Å². The van der Waals surface area contributed by atoms with Crippen LogP contribution >= 0.6 is 11.6 Å². The molecule has 4 heterocycles. The van der Waals surface area contributed by atoms with Crippen molar-refractivity contribution in [3.63, 3.8) is 0 Å². The second-order valence-electron chi connectivity index (χ2n) is 7.83. The third-order valence-corrected chi connectivity index (χ3v) is 5.65. The minimum absolute atomic E-state index is 0.231. The number of fused-ring (bicyclic) bond motifs is 1. The van der Waals surface area contributed by atoms with Crippen LogP contribution in [0.1, 0.15) is 48.1 Å². The fourth-order valence-electron chi connectivity index (χ4n) is 3.49. The Morgan fingerprint density at radius 2 is 1.73 bits per heavy atom. The zero-order chi connectivity index (χ0) is 23.4. The topological polar surface area (TPSA) is 86.6 Å². The Hall–Kier alpha value is -3.10. The van der Waals surface area contributed by atoms with Crippen molar-refractivity contribution >= 4 is 22.8 Å². The maximum absolute atomic E-state index is 14.1. The summed E-state index contributed by atoms with van der Waals surface area (Å²) in [7, 11) is 0. The third kappa shape index (κ3) is 5.46. The van der Waals surface area contributed by atoms with E-state index in [1.54, 1.807) is 12.1 Å². The number of hydrogen-bond acceptors (Lipinski definition) is 7. The molecule has 9 heteroatoms. The van der Waals surface area contributed by atoms with Crippen LogP contribution in [0, 0.1) is 26.6 Å². The average molecular weight is 467 g/mol. The monoisotopic (exact) mass is 466 g/mol. The van der Waals surface area contributed by atoms with Crippen molar-refractivity contribution < 1.29 is 9.13 Å². The van der Waals surface area contributed by atoms with Crippen LogP contribution in [0.5, 0.6) is 0 Å². The predicted molar refractivity (Wildman–Crippen MR) is 124 cm³/mol. The van der Waals surface area contributed by atoms with E-state index in [9.17, 15) is 4.39 Å². The number of hydrogen-bond donors (Lipinski definition) is 0. The van der Waals surface area contributed by atoms with Gasteiger partial charge in [-0.15, -0.1) is 0 Å². The van der Waals surface area contributed by atoms with Crippen LogP contribution in [-0.4, -0.2) is 36.5 Å². The summed E-state index contributed by atoms with van der Waals surface area (Å²) in [5.41, 5.74) is 4.36. The van der Waals surface area contributed by atoms with Crippen LogP contribution in [0.3, 0.4) is 0 Å². The second kappa shape index (κ2) is 10.2. The highest BCUT2D eigenvalue weighted by Gasteiger charge is 2.16. The minimum atomic E-state index is -0.447. The Bertz CT molecular complexity index is 1260. The van der Waals surface area contributed by atoms with E-state index in [1.807, 2.05) is 33.2 Å². The summed E-state index contributed by atoms with van der Waals surface area (Å²) in [6, 6.07) is 4.44. The molecule has 0 saturated carbocycles. The molecule has 170 valence electrons. The maximum Gasteiger partial charge on any atom is 0.182 e. The first-order valence-electron chi connectivity index (χ1n) is 10.7. The average Bonchev–Trinajstić information content (AvgIpc) is 2.81. The Balaban J connectivity index is 0.000000172. The van der Waals surface area contributed by atoms with E-state index in [0.717, 1.165) is 35.8 Å². The highest BCUT2D eigenvalue weighted by atomic mass is 35.5. The van der Waals surface area contributed by atoms with E-state index >= 15 is 0 Å². The number of halogens is 2. The molecule has 0 aliphatic carbocycles. The number of aromatic nitrogens is 6. The normalized spacial score (nSPS) is 15.7. The summed E-state index contributed by atoms with van der Waals surface area (Å²) in [4.78, 5) is 25.3. The van der Waals surface area contributed by atoms with Crippen LogP contribution in [0.2, 0.25) is 5.02 Å². The molecule has 3 aromatic heterocycles. The molecule has 0 amide bonds. The van der Waals surface area contributed by atoms with E-state index in [2.05, 4.69) is 29.9 Å². The number of rotatable bonds is 2. The number of aryl methyl sites for hydroxylation is 3. The second-order valence-corrected chi connectivity index (χ2v) is 8.27. The lowest BCUT2D eigenvalue weighted by atomic mass is 10.0. The molecule has 1 aliphatic heterocycles. The van der Waals surface area contributed by atoms with Gasteiger partial charge < -0.3 is 4.74 Å². The molecule has 0 N–H and O–H groups in total. The van der Waals surface area contributed by atoms with Gasteiger partial charge in [-0.3, -0.25) is 0 Å². The lowest BCUT2D eigenvalue weighted by Crippen LogP contribution is -2.12. The fourth-order valence-corrected chi connectivity index (χ4v) is 3.65. The van der Waals surface area contributed by atoms with Gasteiger partial charge in [-0.1, -0.05) is 11.6 Å². The van der Waals surface area contributed by atoms with E-state index in [4.69, 9.17) is 16.3 Å². The van der Waals surface area contributed by atoms with Gasteiger partial charge in [-0.25, -0.2) is 34.3 Å². The molecule has 5 rings (SSSR count). The Labute approximate surface area is 196 Å². The van der Waals surface area contributed by atoms with Crippen LogP contribution in [0.25, 0.3) is 22.4 Å². The quantitative estimate of drug-likeness (QED) is 0.384. The van der Waals surface area contributed by atoms with Gasteiger partial charge in [0.2, 0.25) is 0 Å². The van der Waals surface area contributed by atoms with Crippen molar-refractivity contribution in [1.29, 1.82) is 0 Å². The van der Waals surface area contributed by atoms with Gasteiger partial charge in [0, 0.05) is 35.2 Å². The van der Waals surface area contributed by atoms with Gasteiger partial charge in [-0.05, 0) is 58.2 Å². The molecule has 1 saturated heterocycles. The van der Waals surface area contributed by atoms with Gasteiger partial charge in [0.15, 0.2) is 5.65 Å². The van der Waals surface area contributed by atoms with E-state index in [0.29, 0.717) is 27.4 Å². The summed E-state index contributed by atoms with van der Waals surface area (Å²) in [6.45, 7) is 6.47. The lowest BCUT2D eigenvalue weighted by molar-refractivity contribution is 0.0145. The Kier molecular flexibility index (Phi) is 7.15. The molecule has 1 aliphatic rings. The fraction of sp³-hybridized carbons (Fsp3) is 0.333. The summed E-state index contributed by atoms with van der Waals surface area (Å²) in [5.74, 6) is 0.372. The summed E-state index contributed by atoms with van der Waals surface area (Å²) >= 11 is 5.77. The SMILES string of the molecule is Cc1nc2ncnc(-c3ccc(Cl)cc3F)c2nc1C.Cc1ncc(C2CCCCO2)cn1. The molecule has 7 nitrogen and oxygen atoms in total. The highest BCUT2D eigenvalue weighted by Crippen LogP contribution is 2.28. The molecule has 4 aromatic rings. The van der Waals surface area contributed by atoms with E-state index in [-0.39, 0.29) is 6.10 Å². The van der Waals surface area contributed by atoms with Crippen molar-refractivity contribution in [1.82, 2.24) is 29.9 Å². The van der Waals surface area contributed by atoms with Crippen LogP contribution in [-0.2, 0) is 4.74 Å². The molecule has 0 spiro atoms. The molecule has 0 radical (unpaired) electrons. The lowest BCUT2D eigenvalue weighted by Gasteiger charge is -2.22. The van der Waals surface area contributed by atoms with Crippen LogP contribution in [0.4, 0.5) is 4.39 Å². The predicted octanol–water partition coefficient (Wildman–Crippen LogP) is 5.52. The largest absolute Gasteiger partial charge is 0.373 e. The van der Waals surface area contributed by atoms with Gasteiger partial charge in [0.1, 0.15) is 29.2 Å². The third-order valence-electron chi connectivity index (χ3n) is 5.42. The molecule has 1 fully saturated rings. The first-order valence-corrected chi connectivity index (χ1v) is 11.1. The van der Waals surface area contributed by atoms with E-state index < -0.39 is 5.82 Å². The van der Waals surface area contributed by atoms with Crippen molar-refractivity contribution in [3.05, 3.63) is 70.5 Å². The maximum atomic E-state index is 14.1. The standard InChI is InChI=1S/C14H10ClFN4.C10H14N2O/c1-7-8(2)20-14-13(19-7)12(17-6-18-14)10-4-3-9(15)5-11(10)16;1-8-11-6-9(7-12-8)10-4-2-3-5-13-10/h3-6H,1-2H3;6-7,10H,2-5H2,1H3. The zero-order valence-corrected chi connectivity index (χ0v) is 19.5. The Morgan fingerprint density at radius 3 is 2.42 bits per heavy atom. The number of nitrogens with zero attached hydrogens (tertiary/aromatic N) is 6. The molecule has 0 bridgehead atoms. The van der Waals surface area contributed by atoms with E-state index in [1.165, 1.54) is 25.2 Å². The van der Waals surface area contributed by atoms with Gasteiger partial charge in [-0.2, -0.15) is 0 Å². The van der Waals surface area contributed by atoms with Crippen LogP contribution < -0.4 is 0 Å². The van der Waals surface area contributed by atoms with Crippen molar-refractivity contribution in [3.8, 4) is 11.3 Å². The first-order chi connectivity index (χ1) is 15.9. The molecule has 1 atom stereocenters. The molecule has 33 heavy (non-hydrogen) atoms. The van der Waals surface area contributed by atoms with Gasteiger partial charge in [0.25, 0.3) is 0 Å². The van der Waals surface area contributed by atoms with Gasteiger partial charge >= 0.3 is 0 Å². The molecular weight excluding hydrogens is 443 g/mol. The molecular formula is C24H24ClFN6O. The van der Waals surface area contributed by atoms with Crippen molar-refractivity contribution in [2.75, 3.05) is 6.61 Å². The smallest absolute Gasteiger partial charge is 0.182 e.